The first-order chi connectivity index (χ1) is 10.9. The lowest BCUT2D eigenvalue weighted by Crippen LogP contribution is -2.46. The van der Waals surface area contributed by atoms with Crippen molar-refractivity contribution in [2.45, 2.75) is 49.8 Å². The van der Waals surface area contributed by atoms with Gasteiger partial charge in [-0.1, -0.05) is 32.0 Å². The van der Waals surface area contributed by atoms with Gasteiger partial charge in [-0.2, -0.15) is 0 Å². The minimum atomic E-state index is -3.37. The zero-order valence-electron chi connectivity index (χ0n) is 14.1. The van der Waals surface area contributed by atoms with Gasteiger partial charge < -0.3 is 0 Å². The molecular weight excluding hydrogens is 306 g/mol. The third-order valence-corrected chi connectivity index (χ3v) is 6.70. The highest BCUT2D eigenvalue weighted by molar-refractivity contribution is 7.92. The van der Waals surface area contributed by atoms with Gasteiger partial charge in [-0.3, -0.25) is 4.90 Å². The Bertz CT molecular complexity index is 631. The van der Waals surface area contributed by atoms with Gasteiger partial charge in [0.1, 0.15) is 5.37 Å². The third-order valence-electron chi connectivity index (χ3n) is 4.52. The monoisotopic (exact) mass is 333 g/mol. The molecule has 1 aromatic carbocycles. The Kier molecular flexibility index (Phi) is 6.26. The molecule has 1 saturated heterocycles. The maximum absolute atomic E-state index is 13.1. The first-order valence-corrected chi connectivity index (χ1v) is 9.99. The number of likely N-dealkylation sites (tertiary alicyclic amines) is 1. The van der Waals surface area contributed by atoms with Gasteiger partial charge in [-0.15, -0.1) is 12.3 Å². The highest BCUT2D eigenvalue weighted by Gasteiger charge is 2.35. The van der Waals surface area contributed by atoms with Crippen molar-refractivity contribution >= 4 is 9.84 Å². The van der Waals surface area contributed by atoms with E-state index in [1.54, 1.807) is 24.3 Å². The number of benzene rings is 1. The Balaban J connectivity index is 2.28. The van der Waals surface area contributed by atoms with Gasteiger partial charge in [0, 0.05) is 12.5 Å². The van der Waals surface area contributed by atoms with Crippen LogP contribution in [0.5, 0.6) is 0 Å². The molecule has 0 bridgehead atoms. The molecule has 0 amide bonds. The van der Waals surface area contributed by atoms with Gasteiger partial charge in [-0.25, -0.2) is 8.42 Å². The van der Waals surface area contributed by atoms with Crippen molar-refractivity contribution in [3.63, 3.8) is 0 Å². The van der Waals surface area contributed by atoms with Gasteiger partial charge >= 0.3 is 0 Å². The van der Waals surface area contributed by atoms with Crippen LogP contribution in [0.15, 0.2) is 35.2 Å². The number of nitrogens with zero attached hydrogens (tertiary/aromatic N) is 1. The second-order valence-corrected chi connectivity index (χ2v) is 8.89. The van der Waals surface area contributed by atoms with E-state index in [0.717, 1.165) is 25.8 Å². The smallest absolute Gasteiger partial charge is 0.194 e. The van der Waals surface area contributed by atoms with E-state index >= 15 is 0 Å². The molecule has 0 radical (unpaired) electrons. The van der Waals surface area contributed by atoms with Gasteiger partial charge in [0.25, 0.3) is 0 Å². The van der Waals surface area contributed by atoms with Crippen molar-refractivity contribution in [3.8, 4) is 12.3 Å². The molecule has 2 rings (SSSR count). The minimum Gasteiger partial charge on any atom is -0.286 e. The zero-order chi connectivity index (χ0) is 16.9. The minimum absolute atomic E-state index is 0.163. The van der Waals surface area contributed by atoms with Crippen LogP contribution < -0.4 is 0 Å². The number of rotatable bonds is 6. The fraction of sp³-hybridized carbons (Fsp3) is 0.579. The molecule has 0 aliphatic carbocycles. The van der Waals surface area contributed by atoms with E-state index in [9.17, 15) is 8.42 Å². The topological polar surface area (TPSA) is 37.4 Å². The first kappa shape index (κ1) is 18.0. The van der Waals surface area contributed by atoms with Crippen LogP contribution >= 0.6 is 0 Å². The molecule has 2 unspecified atom stereocenters. The Morgan fingerprint density at radius 2 is 1.96 bits per heavy atom. The molecule has 1 aliphatic heterocycles. The van der Waals surface area contributed by atoms with Crippen molar-refractivity contribution in [2.75, 3.05) is 13.1 Å². The molecule has 0 spiro atoms. The number of piperidine rings is 1. The molecular formula is C19H27NO2S. The summed E-state index contributed by atoms with van der Waals surface area (Å²) in [7, 11) is -3.37. The summed E-state index contributed by atoms with van der Waals surface area (Å²) in [5.41, 5.74) is 0. The van der Waals surface area contributed by atoms with Crippen molar-refractivity contribution in [1.82, 2.24) is 4.90 Å². The maximum Gasteiger partial charge on any atom is 0.194 e. The van der Waals surface area contributed by atoms with Crippen LogP contribution in [-0.4, -0.2) is 31.8 Å². The Morgan fingerprint density at radius 3 is 2.57 bits per heavy atom. The molecule has 1 aliphatic rings. The van der Waals surface area contributed by atoms with Crippen molar-refractivity contribution in [1.29, 1.82) is 0 Å². The highest BCUT2D eigenvalue weighted by atomic mass is 32.2. The molecule has 3 nitrogen and oxygen atoms in total. The van der Waals surface area contributed by atoms with E-state index in [4.69, 9.17) is 6.42 Å². The molecule has 2 atom stereocenters. The van der Waals surface area contributed by atoms with E-state index in [0.29, 0.717) is 23.8 Å². The Hall–Kier alpha value is -1.31. The average Bonchev–Trinajstić information content (AvgIpc) is 2.55. The van der Waals surface area contributed by atoms with Crippen LogP contribution in [0.1, 0.15) is 39.5 Å². The third kappa shape index (κ3) is 4.59. The first-order valence-electron chi connectivity index (χ1n) is 8.44. The highest BCUT2D eigenvalue weighted by Crippen LogP contribution is 2.28. The Labute approximate surface area is 141 Å². The largest absolute Gasteiger partial charge is 0.286 e. The lowest BCUT2D eigenvalue weighted by atomic mass is 9.98. The number of hydrogen-bond donors (Lipinski definition) is 0. The molecule has 4 heteroatoms. The molecule has 1 heterocycles. The summed E-state index contributed by atoms with van der Waals surface area (Å²) >= 11 is 0. The van der Waals surface area contributed by atoms with E-state index in [1.807, 2.05) is 6.07 Å². The molecule has 23 heavy (non-hydrogen) atoms. The predicted molar refractivity (Wildman–Crippen MR) is 94.6 cm³/mol. The predicted octanol–water partition coefficient (Wildman–Crippen LogP) is 3.57. The molecule has 0 saturated carbocycles. The zero-order valence-corrected chi connectivity index (χ0v) is 14.9. The molecule has 1 fully saturated rings. The number of terminal acetylenes is 1. The molecule has 126 valence electrons. The summed E-state index contributed by atoms with van der Waals surface area (Å²) in [5, 5.41) is -0.469. The fourth-order valence-corrected chi connectivity index (χ4v) is 5.06. The van der Waals surface area contributed by atoms with Crippen LogP contribution in [0.2, 0.25) is 0 Å². The summed E-state index contributed by atoms with van der Waals surface area (Å²) in [5.74, 6) is 3.45. The van der Waals surface area contributed by atoms with Gasteiger partial charge in [0.05, 0.1) is 4.90 Å². The number of sulfone groups is 1. The normalized spacial score (nSPS) is 21.0. The van der Waals surface area contributed by atoms with Gasteiger partial charge in [0.2, 0.25) is 0 Å². The average molecular weight is 333 g/mol. The van der Waals surface area contributed by atoms with Crippen LogP contribution in [0.3, 0.4) is 0 Å². The van der Waals surface area contributed by atoms with Crippen LogP contribution in [0.4, 0.5) is 0 Å². The summed E-state index contributed by atoms with van der Waals surface area (Å²) in [6.45, 7) is 5.76. The summed E-state index contributed by atoms with van der Waals surface area (Å²) in [4.78, 5) is 2.51. The summed E-state index contributed by atoms with van der Waals surface area (Å²) in [6, 6.07) is 8.80. The maximum atomic E-state index is 13.1. The van der Waals surface area contributed by atoms with Gasteiger partial charge in [0.15, 0.2) is 9.84 Å². The van der Waals surface area contributed by atoms with E-state index < -0.39 is 15.2 Å². The quantitative estimate of drug-likeness (QED) is 0.747. The van der Waals surface area contributed by atoms with Crippen molar-refractivity contribution in [3.05, 3.63) is 30.3 Å². The van der Waals surface area contributed by atoms with Crippen LogP contribution in [0.25, 0.3) is 0 Å². The lowest BCUT2D eigenvalue weighted by molar-refractivity contribution is 0.171. The Morgan fingerprint density at radius 1 is 1.26 bits per heavy atom. The fourth-order valence-electron chi connectivity index (χ4n) is 3.18. The standard InChI is InChI=1S/C19H27NO2S/c1-4-17-9-8-14-20(15-17)19(13-12-16(2)3)23(21,22)18-10-6-5-7-11-18/h1,5-7,10-11,16-17,19H,8-9,12-15H2,2-3H3. The second-order valence-electron chi connectivity index (χ2n) is 6.78. The van der Waals surface area contributed by atoms with Crippen molar-refractivity contribution < 1.29 is 8.42 Å². The van der Waals surface area contributed by atoms with E-state index in [2.05, 4.69) is 24.7 Å². The molecule has 1 aromatic rings. The van der Waals surface area contributed by atoms with E-state index in [-0.39, 0.29) is 5.92 Å². The van der Waals surface area contributed by atoms with Crippen molar-refractivity contribution in [2.24, 2.45) is 11.8 Å². The SMILES string of the molecule is C#CC1CCCN(C(CCC(C)C)S(=O)(=O)c2ccccc2)C1. The summed E-state index contributed by atoms with van der Waals surface area (Å²) in [6.07, 6.45) is 9.10. The second kappa shape index (κ2) is 7.99. The van der Waals surface area contributed by atoms with E-state index in [1.165, 1.54) is 0 Å². The number of hydrogen-bond acceptors (Lipinski definition) is 3. The lowest BCUT2D eigenvalue weighted by Gasteiger charge is -2.36. The molecule has 0 aromatic heterocycles. The summed E-state index contributed by atoms with van der Waals surface area (Å²) < 4.78 is 26.3. The van der Waals surface area contributed by atoms with Crippen LogP contribution in [0, 0.1) is 24.2 Å². The van der Waals surface area contributed by atoms with Gasteiger partial charge in [-0.05, 0) is 50.3 Å². The molecule has 0 N–H and O–H groups in total. The van der Waals surface area contributed by atoms with Crippen LogP contribution in [-0.2, 0) is 9.84 Å².